The van der Waals surface area contributed by atoms with Gasteiger partial charge < -0.3 is 19.8 Å². The maximum Gasteiger partial charge on any atom is 0.126 e. The Bertz CT molecular complexity index is 416. The molecule has 0 heterocycles. The molecule has 0 bridgehead atoms. The highest BCUT2D eigenvalue weighted by Crippen LogP contribution is 2.38. The molecule has 0 aromatic heterocycles. The van der Waals surface area contributed by atoms with E-state index < -0.39 is 6.10 Å². The van der Waals surface area contributed by atoms with Crippen LogP contribution in [0.4, 0.5) is 5.69 Å². The molecule has 0 radical (unpaired) electrons. The lowest BCUT2D eigenvalue weighted by Crippen LogP contribution is -2.42. The van der Waals surface area contributed by atoms with E-state index in [1.807, 2.05) is 18.2 Å². The first-order chi connectivity index (χ1) is 9.19. The number of methoxy groups -OCH3 is 1. The number of anilines is 1. The fourth-order valence-corrected chi connectivity index (χ4v) is 2.69. The van der Waals surface area contributed by atoms with Crippen molar-refractivity contribution in [2.75, 3.05) is 25.2 Å². The van der Waals surface area contributed by atoms with Crippen LogP contribution >= 0.6 is 0 Å². The Morgan fingerprint density at radius 1 is 1.42 bits per heavy atom. The number of nitrogens with zero attached hydrogens (tertiary/aromatic N) is 1. The van der Waals surface area contributed by atoms with Crippen molar-refractivity contribution < 1.29 is 14.9 Å². The highest BCUT2D eigenvalue weighted by Gasteiger charge is 2.28. The second-order valence-electron chi connectivity index (χ2n) is 5.07. The number of rotatable bonds is 6. The molecule has 0 saturated heterocycles. The van der Waals surface area contributed by atoms with Crippen molar-refractivity contribution in [2.45, 2.75) is 38.3 Å². The van der Waals surface area contributed by atoms with E-state index in [9.17, 15) is 10.2 Å². The Balaban J connectivity index is 2.39. The molecule has 1 aliphatic carbocycles. The summed E-state index contributed by atoms with van der Waals surface area (Å²) in [6.07, 6.45) is 2.94. The van der Waals surface area contributed by atoms with Gasteiger partial charge >= 0.3 is 0 Å². The van der Waals surface area contributed by atoms with Crippen molar-refractivity contribution in [3.63, 3.8) is 0 Å². The third-order valence-corrected chi connectivity index (χ3v) is 3.85. The van der Waals surface area contributed by atoms with Crippen LogP contribution in [0, 0.1) is 0 Å². The van der Waals surface area contributed by atoms with Crippen molar-refractivity contribution in [1.82, 2.24) is 0 Å². The predicted molar refractivity (Wildman–Crippen MR) is 75.7 cm³/mol. The maximum absolute atomic E-state index is 10.0. The molecule has 4 nitrogen and oxygen atoms in total. The van der Waals surface area contributed by atoms with Crippen LogP contribution in [-0.4, -0.2) is 36.5 Å². The molecule has 1 fully saturated rings. The van der Waals surface area contributed by atoms with Crippen molar-refractivity contribution >= 4 is 5.69 Å². The number of hydrogen-bond acceptors (Lipinski definition) is 4. The minimum atomic E-state index is -0.590. The fourth-order valence-electron chi connectivity index (χ4n) is 2.69. The Kier molecular flexibility index (Phi) is 4.66. The number of benzene rings is 1. The highest BCUT2D eigenvalue weighted by molar-refractivity contribution is 5.61. The maximum atomic E-state index is 10.0. The van der Waals surface area contributed by atoms with Gasteiger partial charge in [-0.3, -0.25) is 0 Å². The van der Waals surface area contributed by atoms with Gasteiger partial charge in [0, 0.05) is 23.8 Å². The molecule has 0 amide bonds. The third-order valence-electron chi connectivity index (χ3n) is 3.85. The summed E-state index contributed by atoms with van der Waals surface area (Å²) >= 11 is 0. The molecule has 0 unspecified atom stereocenters. The van der Waals surface area contributed by atoms with E-state index in [0.29, 0.717) is 18.3 Å². The molecule has 1 aliphatic rings. The summed E-state index contributed by atoms with van der Waals surface area (Å²) in [6, 6.07) is 6.27. The second kappa shape index (κ2) is 6.26. The molecular weight excluding hydrogens is 242 g/mol. The highest BCUT2D eigenvalue weighted by atomic mass is 16.5. The van der Waals surface area contributed by atoms with Crippen molar-refractivity contribution in [2.24, 2.45) is 0 Å². The van der Waals surface area contributed by atoms with Gasteiger partial charge in [0.2, 0.25) is 0 Å². The molecule has 1 saturated carbocycles. The van der Waals surface area contributed by atoms with Gasteiger partial charge in [-0.15, -0.1) is 0 Å². The van der Waals surface area contributed by atoms with Crippen LogP contribution in [-0.2, 0) is 0 Å². The zero-order valence-electron chi connectivity index (χ0n) is 11.7. The van der Waals surface area contributed by atoms with E-state index in [0.717, 1.165) is 24.1 Å². The zero-order valence-corrected chi connectivity index (χ0v) is 11.7. The van der Waals surface area contributed by atoms with Crippen molar-refractivity contribution in [3.05, 3.63) is 23.8 Å². The Morgan fingerprint density at radius 2 is 2.16 bits per heavy atom. The first-order valence-corrected chi connectivity index (χ1v) is 6.91. The monoisotopic (exact) mass is 265 g/mol. The lowest BCUT2D eigenvalue weighted by molar-refractivity contribution is 0.194. The molecule has 0 spiro atoms. The summed E-state index contributed by atoms with van der Waals surface area (Å²) in [5, 5.41) is 19.3. The van der Waals surface area contributed by atoms with Crippen LogP contribution in [0.2, 0.25) is 0 Å². The molecule has 19 heavy (non-hydrogen) atoms. The van der Waals surface area contributed by atoms with E-state index in [1.54, 1.807) is 14.0 Å². The minimum Gasteiger partial charge on any atom is -0.496 e. The van der Waals surface area contributed by atoms with Crippen LogP contribution < -0.4 is 9.64 Å². The number of aliphatic hydroxyl groups is 2. The minimum absolute atomic E-state index is 0.118. The largest absolute Gasteiger partial charge is 0.496 e. The molecule has 1 aromatic carbocycles. The van der Waals surface area contributed by atoms with E-state index in [1.165, 1.54) is 6.42 Å². The van der Waals surface area contributed by atoms with E-state index in [2.05, 4.69) is 4.90 Å². The summed E-state index contributed by atoms with van der Waals surface area (Å²) < 4.78 is 5.36. The van der Waals surface area contributed by atoms with Gasteiger partial charge in [-0.25, -0.2) is 0 Å². The van der Waals surface area contributed by atoms with Gasteiger partial charge in [-0.2, -0.15) is 0 Å². The lowest BCUT2D eigenvalue weighted by Gasteiger charge is -2.40. The standard InChI is InChI=1S/C15H23NO3/c1-11(18)15-13(7-4-8-14(15)19-2)16(9-10-17)12-5-3-6-12/h4,7-8,11-12,17-18H,3,5-6,9-10H2,1-2H3/t11-/m1/s1. The average molecular weight is 265 g/mol. The molecule has 1 aromatic rings. The second-order valence-corrected chi connectivity index (χ2v) is 5.07. The summed E-state index contributed by atoms with van der Waals surface area (Å²) in [4.78, 5) is 2.20. The number of aliphatic hydroxyl groups excluding tert-OH is 2. The SMILES string of the molecule is COc1cccc(N(CCO)C2CCC2)c1[C@@H](C)O. The van der Waals surface area contributed by atoms with Crippen molar-refractivity contribution in [1.29, 1.82) is 0 Å². The normalized spacial score (nSPS) is 16.8. The first kappa shape index (κ1) is 14.2. The first-order valence-electron chi connectivity index (χ1n) is 6.91. The van der Waals surface area contributed by atoms with Crippen LogP contribution in [0.25, 0.3) is 0 Å². The summed E-state index contributed by atoms with van der Waals surface area (Å²) in [7, 11) is 1.62. The predicted octanol–water partition coefficient (Wildman–Crippen LogP) is 2.10. The zero-order chi connectivity index (χ0) is 13.8. The van der Waals surface area contributed by atoms with Gasteiger partial charge in [-0.1, -0.05) is 6.07 Å². The van der Waals surface area contributed by atoms with Crippen LogP contribution in [0.3, 0.4) is 0 Å². The lowest BCUT2D eigenvalue weighted by atomic mass is 9.90. The van der Waals surface area contributed by atoms with Gasteiger partial charge in [0.25, 0.3) is 0 Å². The Labute approximate surface area is 114 Å². The average Bonchev–Trinajstić information content (AvgIpc) is 2.35. The molecule has 1 atom stereocenters. The Hall–Kier alpha value is -1.26. The molecular formula is C15H23NO3. The van der Waals surface area contributed by atoms with E-state index in [-0.39, 0.29) is 6.61 Å². The number of hydrogen-bond donors (Lipinski definition) is 2. The molecule has 0 aliphatic heterocycles. The molecule has 4 heteroatoms. The van der Waals surface area contributed by atoms with Crippen LogP contribution in [0.15, 0.2) is 18.2 Å². The van der Waals surface area contributed by atoms with Gasteiger partial charge in [0.05, 0.1) is 19.8 Å². The van der Waals surface area contributed by atoms with Crippen LogP contribution in [0.1, 0.15) is 37.9 Å². The third kappa shape index (κ3) is 2.85. The van der Waals surface area contributed by atoms with E-state index in [4.69, 9.17) is 4.74 Å². The van der Waals surface area contributed by atoms with Gasteiger partial charge in [0.1, 0.15) is 5.75 Å². The quantitative estimate of drug-likeness (QED) is 0.827. The van der Waals surface area contributed by atoms with Crippen molar-refractivity contribution in [3.8, 4) is 5.75 Å². The summed E-state index contributed by atoms with van der Waals surface area (Å²) in [5.74, 6) is 0.703. The van der Waals surface area contributed by atoms with Crippen LogP contribution in [0.5, 0.6) is 5.75 Å². The topological polar surface area (TPSA) is 52.9 Å². The number of ether oxygens (including phenoxy) is 1. The van der Waals surface area contributed by atoms with Gasteiger partial charge in [0.15, 0.2) is 0 Å². The molecule has 2 N–H and O–H groups in total. The molecule has 2 rings (SSSR count). The fraction of sp³-hybridized carbons (Fsp3) is 0.600. The molecule has 106 valence electrons. The smallest absolute Gasteiger partial charge is 0.126 e. The van der Waals surface area contributed by atoms with Gasteiger partial charge in [-0.05, 0) is 38.3 Å². The summed E-state index contributed by atoms with van der Waals surface area (Å²) in [5.41, 5.74) is 1.79. The Morgan fingerprint density at radius 3 is 2.63 bits per heavy atom. The summed E-state index contributed by atoms with van der Waals surface area (Å²) in [6.45, 7) is 2.46. The van der Waals surface area contributed by atoms with E-state index >= 15 is 0 Å².